The van der Waals surface area contributed by atoms with Gasteiger partial charge in [0.1, 0.15) is 0 Å². The largest absolute Gasteiger partial charge is 0.350 e. The molecule has 0 heterocycles. The van der Waals surface area contributed by atoms with Gasteiger partial charge in [-0.3, -0.25) is 9.59 Å². The monoisotopic (exact) mass is 352 g/mol. The summed E-state index contributed by atoms with van der Waals surface area (Å²) in [6.45, 7) is 1.71. The third-order valence-corrected chi connectivity index (χ3v) is 3.65. The molecule has 7 heteroatoms. The zero-order valence-electron chi connectivity index (χ0n) is 12.9. The summed E-state index contributed by atoms with van der Waals surface area (Å²) in [4.78, 5) is 25.1. The molecule has 0 spiro atoms. The number of carbonyl (C=O) groups is 2. The first kappa shape index (κ1) is 17.9. The third-order valence-electron chi connectivity index (χ3n) is 3.33. The Labute approximate surface area is 143 Å². The summed E-state index contributed by atoms with van der Waals surface area (Å²) in [5.41, 5.74) is 0.537. The molecule has 0 fully saturated rings. The van der Waals surface area contributed by atoms with E-state index >= 15 is 0 Å². The number of nitrogens with zero attached hydrogens (tertiary/aromatic N) is 1. The highest BCUT2D eigenvalue weighted by Crippen LogP contribution is 2.24. The van der Waals surface area contributed by atoms with E-state index in [4.69, 9.17) is 11.6 Å². The molecule has 0 atom stereocenters. The van der Waals surface area contributed by atoms with Crippen molar-refractivity contribution in [3.63, 3.8) is 0 Å². The SMILES string of the molecule is CC(=O)N(CCNC(=O)c1ccc(F)c(F)c1)c1ccccc1Cl. The Balaban J connectivity index is 2.00. The van der Waals surface area contributed by atoms with Gasteiger partial charge in [0.15, 0.2) is 11.6 Å². The van der Waals surface area contributed by atoms with Crippen LogP contribution in [-0.2, 0) is 4.79 Å². The lowest BCUT2D eigenvalue weighted by molar-refractivity contribution is -0.116. The average molecular weight is 353 g/mol. The number of benzene rings is 2. The molecule has 0 aromatic heterocycles. The fourth-order valence-electron chi connectivity index (χ4n) is 2.14. The molecule has 126 valence electrons. The zero-order chi connectivity index (χ0) is 17.7. The van der Waals surface area contributed by atoms with Crippen LogP contribution in [0, 0.1) is 11.6 Å². The van der Waals surface area contributed by atoms with E-state index in [0.29, 0.717) is 10.7 Å². The average Bonchev–Trinajstić information content (AvgIpc) is 2.54. The lowest BCUT2D eigenvalue weighted by Crippen LogP contribution is -2.37. The first-order chi connectivity index (χ1) is 11.4. The Bertz CT molecular complexity index is 768. The van der Waals surface area contributed by atoms with E-state index in [2.05, 4.69) is 5.32 Å². The maximum absolute atomic E-state index is 13.1. The van der Waals surface area contributed by atoms with Crippen molar-refractivity contribution in [2.75, 3.05) is 18.0 Å². The summed E-state index contributed by atoms with van der Waals surface area (Å²) >= 11 is 6.07. The Kier molecular flexibility index (Phi) is 5.87. The molecule has 2 aromatic rings. The molecule has 0 unspecified atom stereocenters. The van der Waals surface area contributed by atoms with Gasteiger partial charge in [-0.25, -0.2) is 8.78 Å². The van der Waals surface area contributed by atoms with Crippen molar-refractivity contribution in [3.8, 4) is 0 Å². The molecule has 0 saturated heterocycles. The molecule has 0 aliphatic carbocycles. The number of anilines is 1. The second-order valence-corrected chi connectivity index (χ2v) is 5.41. The van der Waals surface area contributed by atoms with Gasteiger partial charge in [-0.15, -0.1) is 0 Å². The van der Waals surface area contributed by atoms with Crippen LogP contribution in [0.25, 0.3) is 0 Å². The fraction of sp³-hybridized carbons (Fsp3) is 0.176. The molecule has 0 radical (unpaired) electrons. The van der Waals surface area contributed by atoms with Gasteiger partial charge in [0, 0.05) is 25.6 Å². The lowest BCUT2D eigenvalue weighted by atomic mass is 10.2. The number of halogens is 3. The van der Waals surface area contributed by atoms with E-state index in [0.717, 1.165) is 12.1 Å². The van der Waals surface area contributed by atoms with Crippen molar-refractivity contribution in [3.05, 3.63) is 64.7 Å². The molecule has 2 rings (SSSR count). The predicted octanol–water partition coefficient (Wildman–Crippen LogP) is 3.40. The van der Waals surface area contributed by atoms with Crippen LogP contribution in [0.3, 0.4) is 0 Å². The standard InChI is InChI=1S/C17H15ClF2N2O2/c1-11(23)22(16-5-3-2-4-13(16)18)9-8-21-17(24)12-6-7-14(19)15(20)10-12/h2-7,10H,8-9H2,1H3,(H,21,24). The number of para-hydroxylation sites is 1. The van der Waals surface area contributed by atoms with Gasteiger partial charge in [0.2, 0.25) is 5.91 Å². The Morgan fingerprint density at radius 3 is 2.46 bits per heavy atom. The van der Waals surface area contributed by atoms with Gasteiger partial charge < -0.3 is 10.2 Å². The summed E-state index contributed by atoms with van der Waals surface area (Å²) in [5, 5.41) is 2.97. The molecule has 0 saturated carbocycles. The van der Waals surface area contributed by atoms with Crippen molar-refractivity contribution >= 4 is 29.1 Å². The first-order valence-electron chi connectivity index (χ1n) is 7.16. The molecule has 0 bridgehead atoms. The van der Waals surface area contributed by atoms with Gasteiger partial charge >= 0.3 is 0 Å². The molecular formula is C17H15ClF2N2O2. The predicted molar refractivity (Wildman–Crippen MR) is 88.2 cm³/mol. The normalized spacial score (nSPS) is 10.3. The fourth-order valence-corrected chi connectivity index (χ4v) is 2.38. The second-order valence-electron chi connectivity index (χ2n) is 5.01. The van der Waals surface area contributed by atoms with Crippen LogP contribution in [0.15, 0.2) is 42.5 Å². The van der Waals surface area contributed by atoms with Crippen LogP contribution in [0.1, 0.15) is 17.3 Å². The highest BCUT2D eigenvalue weighted by molar-refractivity contribution is 6.33. The smallest absolute Gasteiger partial charge is 0.251 e. The van der Waals surface area contributed by atoms with Crippen LogP contribution < -0.4 is 10.2 Å². The number of nitrogens with one attached hydrogen (secondary N) is 1. The van der Waals surface area contributed by atoms with Gasteiger partial charge in [-0.05, 0) is 30.3 Å². The van der Waals surface area contributed by atoms with Crippen LogP contribution in [0.2, 0.25) is 5.02 Å². The third kappa shape index (κ3) is 4.29. The summed E-state index contributed by atoms with van der Waals surface area (Å²) in [6.07, 6.45) is 0. The van der Waals surface area contributed by atoms with Crippen molar-refractivity contribution in [2.24, 2.45) is 0 Å². The van der Waals surface area contributed by atoms with Crippen molar-refractivity contribution in [2.45, 2.75) is 6.92 Å². The minimum absolute atomic E-state index is 0.000943. The van der Waals surface area contributed by atoms with Crippen molar-refractivity contribution in [1.82, 2.24) is 5.32 Å². The van der Waals surface area contributed by atoms with Gasteiger partial charge in [-0.1, -0.05) is 23.7 Å². The van der Waals surface area contributed by atoms with E-state index in [1.165, 1.54) is 17.9 Å². The van der Waals surface area contributed by atoms with Crippen molar-refractivity contribution in [1.29, 1.82) is 0 Å². The minimum atomic E-state index is -1.09. The molecule has 1 N–H and O–H groups in total. The number of hydrogen-bond donors (Lipinski definition) is 1. The highest BCUT2D eigenvalue weighted by Gasteiger charge is 2.15. The van der Waals surface area contributed by atoms with Crippen LogP contribution in [0.5, 0.6) is 0 Å². The van der Waals surface area contributed by atoms with Crippen LogP contribution in [0.4, 0.5) is 14.5 Å². The van der Waals surface area contributed by atoms with E-state index in [9.17, 15) is 18.4 Å². The molecular weight excluding hydrogens is 338 g/mol. The minimum Gasteiger partial charge on any atom is -0.350 e. The summed E-state index contributed by atoms with van der Waals surface area (Å²) in [7, 11) is 0. The Hall–Kier alpha value is -2.47. The molecule has 4 nitrogen and oxygen atoms in total. The second kappa shape index (κ2) is 7.88. The van der Waals surface area contributed by atoms with E-state index in [1.54, 1.807) is 24.3 Å². The van der Waals surface area contributed by atoms with E-state index in [1.807, 2.05) is 0 Å². The topological polar surface area (TPSA) is 49.4 Å². The van der Waals surface area contributed by atoms with E-state index < -0.39 is 17.5 Å². The summed E-state index contributed by atoms with van der Waals surface area (Å²) in [6, 6.07) is 9.74. The molecule has 2 amide bonds. The number of rotatable bonds is 5. The van der Waals surface area contributed by atoms with Gasteiger partial charge in [0.05, 0.1) is 10.7 Å². The molecule has 2 aromatic carbocycles. The molecule has 0 aliphatic rings. The van der Waals surface area contributed by atoms with Crippen LogP contribution in [-0.4, -0.2) is 24.9 Å². The highest BCUT2D eigenvalue weighted by atomic mass is 35.5. The lowest BCUT2D eigenvalue weighted by Gasteiger charge is -2.22. The van der Waals surface area contributed by atoms with Gasteiger partial charge in [-0.2, -0.15) is 0 Å². The summed E-state index contributed by atoms with van der Waals surface area (Å²) < 4.78 is 26.0. The Morgan fingerprint density at radius 2 is 1.83 bits per heavy atom. The summed E-state index contributed by atoms with van der Waals surface area (Å²) in [5.74, 6) is -2.90. The zero-order valence-corrected chi connectivity index (χ0v) is 13.6. The van der Waals surface area contributed by atoms with Crippen LogP contribution >= 0.6 is 11.6 Å². The van der Waals surface area contributed by atoms with Crippen molar-refractivity contribution < 1.29 is 18.4 Å². The quantitative estimate of drug-likeness (QED) is 0.896. The number of amides is 2. The van der Waals surface area contributed by atoms with E-state index in [-0.39, 0.29) is 24.6 Å². The first-order valence-corrected chi connectivity index (χ1v) is 7.54. The molecule has 24 heavy (non-hydrogen) atoms. The maximum atomic E-state index is 13.1. The number of hydrogen-bond acceptors (Lipinski definition) is 2. The molecule has 0 aliphatic heterocycles. The maximum Gasteiger partial charge on any atom is 0.251 e. The van der Waals surface area contributed by atoms with Gasteiger partial charge in [0.25, 0.3) is 5.91 Å². The number of carbonyl (C=O) groups excluding carboxylic acids is 2. The Morgan fingerprint density at radius 1 is 1.12 bits per heavy atom.